The van der Waals surface area contributed by atoms with E-state index in [1.54, 1.807) is 0 Å². The van der Waals surface area contributed by atoms with Crippen molar-refractivity contribution in [2.24, 2.45) is 0 Å². The molecule has 0 bridgehead atoms. The summed E-state index contributed by atoms with van der Waals surface area (Å²) in [5.74, 6) is 0. The first-order valence-electron chi connectivity index (χ1n) is 3.06. The highest BCUT2D eigenvalue weighted by atomic mass is 31.0. The van der Waals surface area contributed by atoms with Gasteiger partial charge in [0, 0.05) is 0 Å². The van der Waals surface area contributed by atoms with Crippen LogP contribution in [0.1, 0.15) is 26.7 Å². The highest BCUT2D eigenvalue weighted by molar-refractivity contribution is 7.00. The van der Waals surface area contributed by atoms with E-state index < -0.39 is 0 Å². The van der Waals surface area contributed by atoms with Crippen LogP contribution in [0.5, 0.6) is 0 Å². The van der Waals surface area contributed by atoms with E-state index in [9.17, 15) is 0 Å². The minimum atomic E-state index is 0.750. The molecule has 0 saturated carbocycles. The molecule has 0 amide bonds. The lowest BCUT2D eigenvalue weighted by molar-refractivity contribution is 0.562. The van der Waals surface area contributed by atoms with Gasteiger partial charge < -0.3 is 0 Å². The molecule has 70 valence electrons. The summed E-state index contributed by atoms with van der Waals surface area (Å²) >= 11 is 0. The van der Waals surface area contributed by atoms with Gasteiger partial charge in [0.2, 0.25) is 12.2 Å². The monoisotopic (exact) mass is 193 g/mol. The van der Waals surface area contributed by atoms with Gasteiger partial charge in [-0.2, -0.15) is 0 Å². The van der Waals surface area contributed by atoms with E-state index >= 15 is 0 Å². The minimum absolute atomic E-state index is 0.750. The SMILES string of the molecule is CCCC.N=C=O.N=C=O.O=[PH2+]. The van der Waals surface area contributed by atoms with Crippen LogP contribution in [0.25, 0.3) is 0 Å². The maximum atomic E-state index is 8.35. The van der Waals surface area contributed by atoms with Crippen LogP contribution in [0.2, 0.25) is 0 Å². The Kier molecular flexibility index (Phi) is 177. The third-order valence-corrected chi connectivity index (χ3v) is 0.500. The Labute approximate surface area is 73.8 Å². The molecule has 1 atom stereocenters. The second kappa shape index (κ2) is 94.6. The zero-order chi connectivity index (χ0) is 10.8. The Morgan fingerprint density at radius 3 is 1.08 bits per heavy atom. The van der Waals surface area contributed by atoms with Gasteiger partial charge in [0.25, 0.3) is 0 Å². The maximum absolute atomic E-state index is 8.35. The van der Waals surface area contributed by atoms with Gasteiger partial charge >= 0.3 is 9.12 Å². The molecule has 0 aliphatic rings. The number of nitrogens with one attached hydrogen (secondary N) is 2. The predicted octanol–water partition coefficient (Wildman–Crippen LogP) is 1.82. The molecule has 0 aliphatic heterocycles. The van der Waals surface area contributed by atoms with Crippen LogP contribution >= 0.6 is 9.12 Å². The van der Waals surface area contributed by atoms with Crippen LogP contribution in [0.4, 0.5) is 0 Å². The molecule has 1 unspecified atom stereocenters. The molecule has 0 spiro atoms. The van der Waals surface area contributed by atoms with Crippen LogP contribution in [0.3, 0.4) is 0 Å². The third-order valence-electron chi connectivity index (χ3n) is 0.500. The molecule has 6 heteroatoms. The Hall–Kier alpha value is -1.14. The number of unbranched alkanes of at least 4 members (excludes halogenated alkanes) is 1. The van der Waals surface area contributed by atoms with Crippen molar-refractivity contribution in [1.29, 1.82) is 10.8 Å². The van der Waals surface area contributed by atoms with Crippen molar-refractivity contribution < 1.29 is 14.2 Å². The van der Waals surface area contributed by atoms with Crippen molar-refractivity contribution in [3.05, 3.63) is 0 Å². The molecular formula is C6H14N2O3P+. The number of rotatable bonds is 1. The molecular weight excluding hydrogens is 179 g/mol. The Morgan fingerprint density at radius 2 is 1.08 bits per heavy atom. The molecule has 0 aromatic heterocycles. The zero-order valence-corrected chi connectivity index (χ0v) is 8.37. The van der Waals surface area contributed by atoms with Crippen LogP contribution in [-0.4, -0.2) is 12.2 Å². The van der Waals surface area contributed by atoms with Crippen molar-refractivity contribution in [3.8, 4) is 0 Å². The third kappa shape index (κ3) is 27900. The first-order chi connectivity index (χ1) is 5.74. The fraction of sp³-hybridized carbons (Fsp3) is 0.667. The summed E-state index contributed by atoms with van der Waals surface area (Å²) in [4.78, 5) is 16.7. The molecule has 0 aromatic carbocycles. The first kappa shape index (κ1) is 22.4. The second-order valence-corrected chi connectivity index (χ2v) is 1.20. The molecule has 0 rings (SSSR count). The van der Waals surface area contributed by atoms with E-state index in [2.05, 4.69) is 13.8 Å². The molecule has 12 heavy (non-hydrogen) atoms. The summed E-state index contributed by atoms with van der Waals surface area (Å²) < 4.78 is 8.17. The van der Waals surface area contributed by atoms with E-state index in [1.165, 1.54) is 22.0 Å². The Bertz CT molecular complexity index is 104. The molecule has 0 radical (unpaired) electrons. The van der Waals surface area contributed by atoms with E-state index in [4.69, 9.17) is 25.0 Å². The van der Waals surface area contributed by atoms with Gasteiger partial charge in [-0.3, -0.25) is 0 Å². The molecule has 0 aliphatic carbocycles. The summed E-state index contributed by atoms with van der Waals surface area (Å²) in [5, 5.41) is 10.8. The van der Waals surface area contributed by atoms with Crippen molar-refractivity contribution in [2.45, 2.75) is 26.7 Å². The number of hydrogen-bond donors (Lipinski definition) is 2. The number of hydrogen-bond acceptors (Lipinski definition) is 5. The summed E-state index contributed by atoms with van der Waals surface area (Å²) in [6, 6.07) is 0. The van der Waals surface area contributed by atoms with Gasteiger partial charge in [-0.25, -0.2) is 20.4 Å². The summed E-state index contributed by atoms with van der Waals surface area (Å²) in [7, 11) is 1.17. The minimum Gasteiger partial charge on any atom is -0.222 e. The summed E-state index contributed by atoms with van der Waals surface area (Å²) in [5.41, 5.74) is 0. The average molecular weight is 193 g/mol. The van der Waals surface area contributed by atoms with Gasteiger partial charge in [0.05, 0.1) is 0 Å². The first-order valence-corrected chi connectivity index (χ1v) is 3.53. The molecule has 2 N–H and O–H groups in total. The van der Waals surface area contributed by atoms with Crippen LogP contribution in [0, 0.1) is 10.8 Å². The quantitative estimate of drug-likeness (QED) is 0.377. The molecule has 0 heterocycles. The number of carbonyl (C=O) groups excluding carboxylic acids is 2. The van der Waals surface area contributed by atoms with Crippen LogP contribution in [0.15, 0.2) is 0 Å². The molecule has 5 nitrogen and oxygen atoms in total. The van der Waals surface area contributed by atoms with Gasteiger partial charge in [-0.1, -0.05) is 31.3 Å². The van der Waals surface area contributed by atoms with Crippen molar-refractivity contribution >= 4 is 21.3 Å². The second-order valence-electron chi connectivity index (χ2n) is 1.20. The lowest BCUT2D eigenvalue weighted by atomic mass is 10.4. The standard InChI is InChI=1S/C4H10.2CHNO.H2OP/c1-3-4-2;2*2-1-3;1-2/h3-4H2,1-2H3;2*2H;2H2/q;;;+1. The largest absolute Gasteiger partial charge is 0.310 e. The topological polar surface area (TPSA) is 98.9 Å². The highest BCUT2D eigenvalue weighted by Crippen LogP contribution is 1.76. The van der Waals surface area contributed by atoms with Crippen LogP contribution < -0.4 is 0 Å². The van der Waals surface area contributed by atoms with E-state index in [0.717, 1.165) is 12.2 Å². The van der Waals surface area contributed by atoms with Crippen molar-refractivity contribution in [1.82, 2.24) is 0 Å². The smallest absolute Gasteiger partial charge is 0.222 e. The average Bonchev–Trinajstić information content (AvgIpc) is 2.10. The molecule has 0 fully saturated rings. The van der Waals surface area contributed by atoms with E-state index in [0.29, 0.717) is 0 Å². The fourth-order valence-corrected chi connectivity index (χ4v) is 0. The predicted molar refractivity (Wildman–Crippen MR) is 47.8 cm³/mol. The molecule has 0 aromatic rings. The van der Waals surface area contributed by atoms with Crippen molar-refractivity contribution in [3.63, 3.8) is 0 Å². The Morgan fingerprint density at radius 1 is 1.00 bits per heavy atom. The van der Waals surface area contributed by atoms with Gasteiger partial charge in [0.15, 0.2) is 0 Å². The van der Waals surface area contributed by atoms with E-state index in [-0.39, 0.29) is 0 Å². The zero-order valence-electron chi connectivity index (χ0n) is 7.22. The maximum Gasteiger partial charge on any atom is 0.310 e. The Balaban J connectivity index is -0.0000000368. The lowest BCUT2D eigenvalue weighted by Gasteiger charge is -1.68. The molecule has 0 saturated heterocycles. The fourth-order valence-electron chi connectivity index (χ4n) is 0. The van der Waals surface area contributed by atoms with E-state index in [1.807, 2.05) is 0 Å². The lowest BCUT2D eigenvalue weighted by Crippen LogP contribution is -1.47. The highest BCUT2D eigenvalue weighted by Gasteiger charge is 1.56. The van der Waals surface area contributed by atoms with Gasteiger partial charge in [-0.05, 0) is 0 Å². The van der Waals surface area contributed by atoms with Gasteiger partial charge in [-0.15, -0.1) is 0 Å². The number of isocyanates is 2. The van der Waals surface area contributed by atoms with Gasteiger partial charge in [0.1, 0.15) is 0 Å². The summed E-state index contributed by atoms with van der Waals surface area (Å²) in [6.45, 7) is 4.36. The van der Waals surface area contributed by atoms with Crippen LogP contribution in [-0.2, 0) is 14.2 Å². The van der Waals surface area contributed by atoms with Crippen molar-refractivity contribution in [2.75, 3.05) is 0 Å². The summed E-state index contributed by atoms with van der Waals surface area (Å²) in [6.07, 6.45) is 4.14. The normalized spacial score (nSPS) is 4.17.